The molecule has 1 aromatic heterocycles. The molecule has 0 spiro atoms. The first-order valence-electron chi connectivity index (χ1n) is 10.1. The van der Waals surface area contributed by atoms with Crippen LogP contribution in [0.15, 0.2) is 64.6 Å². The van der Waals surface area contributed by atoms with Crippen LogP contribution in [0.2, 0.25) is 0 Å². The van der Waals surface area contributed by atoms with Crippen molar-refractivity contribution in [2.75, 3.05) is 12.0 Å². The van der Waals surface area contributed by atoms with E-state index in [0.29, 0.717) is 22.6 Å². The molecule has 1 aliphatic rings. The van der Waals surface area contributed by atoms with Gasteiger partial charge in [-0.1, -0.05) is 24.3 Å². The van der Waals surface area contributed by atoms with Crippen molar-refractivity contribution in [3.63, 3.8) is 0 Å². The molecule has 7 nitrogen and oxygen atoms in total. The van der Waals surface area contributed by atoms with Gasteiger partial charge in [-0.3, -0.25) is 19.8 Å². The van der Waals surface area contributed by atoms with E-state index in [9.17, 15) is 14.4 Å². The number of aryl methyl sites for hydroxylation is 2. The fourth-order valence-electron chi connectivity index (χ4n) is 3.68. The van der Waals surface area contributed by atoms with Crippen LogP contribution < -0.4 is 10.2 Å². The number of amides is 2. The first-order chi connectivity index (χ1) is 15.8. The van der Waals surface area contributed by atoms with Gasteiger partial charge in [0, 0.05) is 5.56 Å². The van der Waals surface area contributed by atoms with E-state index >= 15 is 0 Å². The zero-order valence-corrected chi connectivity index (χ0v) is 19.0. The zero-order valence-electron chi connectivity index (χ0n) is 18.2. The number of benzene rings is 2. The van der Waals surface area contributed by atoms with Gasteiger partial charge >= 0.3 is 5.97 Å². The molecule has 8 heteroatoms. The maximum atomic E-state index is 13.2. The summed E-state index contributed by atoms with van der Waals surface area (Å²) < 4.78 is 10.7. The Morgan fingerprint density at radius 2 is 1.76 bits per heavy atom. The van der Waals surface area contributed by atoms with E-state index in [0.717, 1.165) is 11.1 Å². The number of nitrogens with zero attached hydrogens (tertiary/aromatic N) is 1. The van der Waals surface area contributed by atoms with Crippen molar-refractivity contribution in [3.05, 3.63) is 82.6 Å². The molecule has 0 atom stereocenters. The highest BCUT2D eigenvalue weighted by atomic mass is 32.1. The molecule has 1 aliphatic heterocycles. The van der Waals surface area contributed by atoms with Crippen LogP contribution >= 0.6 is 12.2 Å². The quantitative estimate of drug-likeness (QED) is 0.272. The lowest BCUT2D eigenvalue weighted by molar-refractivity contribution is -0.122. The molecule has 1 fully saturated rings. The number of furan rings is 1. The van der Waals surface area contributed by atoms with E-state index in [2.05, 4.69) is 5.32 Å². The standard InChI is InChI=1S/C25H20N2O5S/c1-14-10-15(2)12-16(11-14)27-23(29)20(22(28)26-25(27)33)13-17-8-9-21(32-17)18-6-4-5-7-19(18)24(30)31-3/h4-13H,1-3H3,(H,26,28,33)/b20-13+. The van der Waals surface area contributed by atoms with Crippen LogP contribution in [0.5, 0.6) is 0 Å². The first kappa shape index (κ1) is 22.2. The zero-order chi connectivity index (χ0) is 23.7. The van der Waals surface area contributed by atoms with E-state index in [1.165, 1.54) is 18.1 Å². The molecule has 0 unspecified atom stereocenters. The smallest absolute Gasteiger partial charge is 0.338 e. The number of carbonyl (C=O) groups is 3. The number of hydrogen-bond acceptors (Lipinski definition) is 6. The highest BCUT2D eigenvalue weighted by Crippen LogP contribution is 2.29. The van der Waals surface area contributed by atoms with Gasteiger partial charge in [-0.05, 0) is 73.6 Å². The Morgan fingerprint density at radius 3 is 2.45 bits per heavy atom. The maximum Gasteiger partial charge on any atom is 0.338 e. The molecule has 4 rings (SSSR count). The Labute approximate surface area is 195 Å². The van der Waals surface area contributed by atoms with Gasteiger partial charge in [0.25, 0.3) is 11.8 Å². The summed E-state index contributed by atoms with van der Waals surface area (Å²) in [6.45, 7) is 3.83. The topological polar surface area (TPSA) is 88.9 Å². The molecule has 1 saturated heterocycles. The van der Waals surface area contributed by atoms with Crippen molar-refractivity contribution >= 4 is 46.9 Å². The molecule has 33 heavy (non-hydrogen) atoms. The van der Waals surface area contributed by atoms with E-state index < -0.39 is 17.8 Å². The highest BCUT2D eigenvalue weighted by Gasteiger charge is 2.35. The third-order valence-corrected chi connectivity index (χ3v) is 5.36. The van der Waals surface area contributed by atoms with Gasteiger partial charge in [0.15, 0.2) is 5.11 Å². The van der Waals surface area contributed by atoms with Gasteiger partial charge < -0.3 is 9.15 Å². The molecule has 0 aliphatic carbocycles. The third kappa shape index (κ3) is 4.33. The molecule has 1 N–H and O–H groups in total. The summed E-state index contributed by atoms with van der Waals surface area (Å²) >= 11 is 5.26. The van der Waals surface area contributed by atoms with E-state index in [1.807, 2.05) is 32.0 Å². The number of thiocarbonyl (C=S) groups is 1. The predicted octanol–water partition coefficient (Wildman–Crippen LogP) is 4.18. The summed E-state index contributed by atoms with van der Waals surface area (Å²) in [5.41, 5.74) is 3.24. The normalized spacial score (nSPS) is 15.1. The lowest BCUT2D eigenvalue weighted by Gasteiger charge is -2.29. The summed E-state index contributed by atoms with van der Waals surface area (Å²) in [6, 6.07) is 15.7. The first-order valence-corrected chi connectivity index (χ1v) is 10.5. The molecule has 0 bridgehead atoms. The van der Waals surface area contributed by atoms with Gasteiger partial charge in [0.2, 0.25) is 0 Å². The minimum Gasteiger partial charge on any atom is -0.465 e. The van der Waals surface area contributed by atoms with Crippen molar-refractivity contribution in [1.82, 2.24) is 5.32 Å². The second-order valence-electron chi connectivity index (χ2n) is 7.54. The molecule has 0 radical (unpaired) electrons. The van der Waals surface area contributed by atoms with Crippen molar-refractivity contribution in [2.45, 2.75) is 13.8 Å². The van der Waals surface area contributed by atoms with Gasteiger partial charge in [-0.2, -0.15) is 0 Å². The van der Waals surface area contributed by atoms with Gasteiger partial charge in [-0.25, -0.2) is 4.79 Å². The summed E-state index contributed by atoms with van der Waals surface area (Å²) in [6.07, 6.45) is 1.36. The van der Waals surface area contributed by atoms with Crippen molar-refractivity contribution in [3.8, 4) is 11.3 Å². The highest BCUT2D eigenvalue weighted by molar-refractivity contribution is 7.80. The monoisotopic (exact) mass is 460 g/mol. The Balaban J connectivity index is 1.70. The second kappa shape index (κ2) is 8.84. The van der Waals surface area contributed by atoms with Crippen molar-refractivity contribution in [2.24, 2.45) is 0 Å². The van der Waals surface area contributed by atoms with Gasteiger partial charge in [0.1, 0.15) is 17.1 Å². The molecule has 2 heterocycles. The third-order valence-electron chi connectivity index (χ3n) is 5.08. The lowest BCUT2D eigenvalue weighted by atomic mass is 10.1. The largest absolute Gasteiger partial charge is 0.465 e. The van der Waals surface area contributed by atoms with Crippen LogP contribution in [0.4, 0.5) is 5.69 Å². The summed E-state index contributed by atoms with van der Waals surface area (Å²) in [5, 5.41) is 2.58. The Bertz CT molecular complexity index is 1320. The minimum absolute atomic E-state index is 0.0132. The molecular weight excluding hydrogens is 440 g/mol. The number of rotatable bonds is 4. The molecule has 2 aromatic carbocycles. The average molecular weight is 461 g/mol. The van der Waals surface area contributed by atoms with Crippen LogP contribution in [0.1, 0.15) is 27.2 Å². The number of anilines is 1. The number of esters is 1. The number of methoxy groups -OCH3 is 1. The van der Waals surface area contributed by atoms with E-state index in [4.69, 9.17) is 21.4 Å². The minimum atomic E-state index is -0.612. The summed E-state index contributed by atoms with van der Waals surface area (Å²) in [7, 11) is 1.30. The van der Waals surface area contributed by atoms with Crippen molar-refractivity contribution < 1.29 is 23.5 Å². The molecule has 3 aromatic rings. The second-order valence-corrected chi connectivity index (χ2v) is 7.93. The lowest BCUT2D eigenvalue weighted by Crippen LogP contribution is -2.54. The van der Waals surface area contributed by atoms with Crippen LogP contribution in [0, 0.1) is 13.8 Å². The van der Waals surface area contributed by atoms with E-state index in [-0.39, 0.29) is 16.4 Å². The van der Waals surface area contributed by atoms with Crippen LogP contribution in [0.3, 0.4) is 0 Å². The Morgan fingerprint density at radius 1 is 1.06 bits per heavy atom. The molecule has 166 valence electrons. The molecular formula is C25H20N2O5S. The van der Waals surface area contributed by atoms with Crippen LogP contribution in [-0.2, 0) is 14.3 Å². The number of nitrogens with one attached hydrogen (secondary N) is 1. The Kier molecular flexibility index (Phi) is 5.93. The number of hydrogen-bond donors (Lipinski definition) is 1. The fraction of sp³-hybridized carbons (Fsp3) is 0.120. The summed E-state index contributed by atoms with van der Waals surface area (Å²) in [5.74, 6) is -0.994. The molecule has 0 saturated carbocycles. The maximum absolute atomic E-state index is 13.2. The van der Waals surface area contributed by atoms with Crippen LogP contribution in [-0.4, -0.2) is 30.0 Å². The van der Waals surface area contributed by atoms with Crippen LogP contribution in [0.25, 0.3) is 17.4 Å². The Hall–Kier alpha value is -4.04. The number of carbonyl (C=O) groups excluding carboxylic acids is 3. The fourth-order valence-corrected chi connectivity index (χ4v) is 3.96. The predicted molar refractivity (Wildman–Crippen MR) is 128 cm³/mol. The van der Waals surface area contributed by atoms with Gasteiger partial charge in [-0.15, -0.1) is 0 Å². The average Bonchev–Trinajstić information content (AvgIpc) is 3.24. The van der Waals surface area contributed by atoms with Crippen molar-refractivity contribution in [1.29, 1.82) is 0 Å². The SMILES string of the molecule is COC(=O)c1ccccc1-c1ccc(/C=C2\C(=O)NC(=S)N(c3cc(C)cc(C)c3)C2=O)o1. The van der Waals surface area contributed by atoms with Gasteiger partial charge in [0.05, 0.1) is 18.4 Å². The molecule has 2 amide bonds. The number of ether oxygens (including phenoxy) is 1. The van der Waals surface area contributed by atoms with E-state index in [1.54, 1.807) is 36.4 Å². The summed E-state index contributed by atoms with van der Waals surface area (Å²) in [4.78, 5) is 39.2.